The van der Waals surface area contributed by atoms with Crippen LogP contribution >= 0.6 is 0 Å². The second kappa shape index (κ2) is 14.8. The molecule has 0 amide bonds. The summed E-state index contributed by atoms with van der Waals surface area (Å²) in [6.07, 6.45) is 19.7. The van der Waals surface area contributed by atoms with Crippen molar-refractivity contribution < 1.29 is 23.8 Å². The van der Waals surface area contributed by atoms with E-state index in [0.717, 1.165) is 12.8 Å². The molecule has 3 unspecified atom stereocenters. The first-order valence-electron chi connectivity index (χ1n) is 12.6. The van der Waals surface area contributed by atoms with Crippen molar-refractivity contribution in [3.8, 4) is 0 Å². The maximum atomic E-state index is 12.4. The minimum absolute atomic E-state index is 0.129. The Hall–Kier alpha value is -1.10. The molecule has 0 aromatic heterocycles. The van der Waals surface area contributed by atoms with Crippen LogP contribution in [-0.2, 0) is 23.8 Å². The molecule has 1 saturated carbocycles. The second-order valence-corrected chi connectivity index (χ2v) is 9.18. The largest absolute Gasteiger partial charge is 0.469 e. The highest BCUT2D eigenvalue weighted by Gasteiger charge is 2.53. The van der Waals surface area contributed by atoms with E-state index < -0.39 is 11.8 Å². The third-order valence-corrected chi connectivity index (χ3v) is 6.69. The van der Waals surface area contributed by atoms with Crippen molar-refractivity contribution in [3.05, 3.63) is 0 Å². The Bertz CT molecular complexity index is 492. The first-order chi connectivity index (χ1) is 14.7. The number of ether oxygens (including phenoxy) is 3. The highest BCUT2D eigenvalue weighted by molar-refractivity contribution is 5.82. The molecule has 1 aliphatic carbocycles. The van der Waals surface area contributed by atoms with Crippen molar-refractivity contribution in [1.82, 2.24) is 0 Å². The average molecular weight is 425 g/mol. The molecule has 2 fully saturated rings. The molecule has 0 spiro atoms. The van der Waals surface area contributed by atoms with Gasteiger partial charge in [0.2, 0.25) is 0 Å². The Morgan fingerprint density at radius 3 is 1.60 bits per heavy atom. The van der Waals surface area contributed by atoms with Crippen LogP contribution in [0.2, 0.25) is 0 Å². The third-order valence-electron chi connectivity index (χ3n) is 6.69. The van der Waals surface area contributed by atoms with E-state index in [1.807, 2.05) is 0 Å². The Morgan fingerprint density at radius 2 is 1.13 bits per heavy atom. The second-order valence-electron chi connectivity index (χ2n) is 9.18. The van der Waals surface area contributed by atoms with Crippen LogP contribution in [0, 0.1) is 11.8 Å². The van der Waals surface area contributed by atoms with Crippen LogP contribution in [0.25, 0.3) is 0 Å². The molecule has 5 nitrogen and oxygen atoms in total. The Labute approximate surface area is 183 Å². The van der Waals surface area contributed by atoms with E-state index in [4.69, 9.17) is 14.2 Å². The third kappa shape index (κ3) is 9.36. The van der Waals surface area contributed by atoms with Crippen LogP contribution in [0.15, 0.2) is 0 Å². The summed E-state index contributed by atoms with van der Waals surface area (Å²) in [6, 6.07) is 0. The predicted molar refractivity (Wildman–Crippen MR) is 118 cm³/mol. The zero-order valence-electron chi connectivity index (χ0n) is 19.4. The van der Waals surface area contributed by atoms with Gasteiger partial charge in [-0.25, -0.2) is 0 Å². The highest BCUT2D eigenvalue weighted by Crippen LogP contribution is 2.43. The Kier molecular flexibility index (Phi) is 12.4. The van der Waals surface area contributed by atoms with Gasteiger partial charge < -0.3 is 14.2 Å². The summed E-state index contributed by atoms with van der Waals surface area (Å²) < 4.78 is 15.8. The first kappa shape index (κ1) is 25.2. The summed E-state index contributed by atoms with van der Waals surface area (Å²) in [5.41, 5.74) is 0. The number of rotatable bonds is 17. The summed E-state index contributed by atoms with van der Waals surface area (Å²) in [6.45, 7) is 2.72. The molecule has 174 valence electrons. The molecule has 2 rings (SSSR count). The molecular formula is C25H44O5. The topological polar surface area (TPSA) is 65.1 Å². The van der Waals surface area contributed by atoms with Gasteiger partial charge in [-0.2, -0.15) is 0 Å². The molecule has 1 heterocycles. The molecule has 0 aromatic carbocycles. The van der Waals surface area contributed by atoms with Crippen molar-refractivity contribution in [2.75, 3.05) is 13.7 Å². The molecule has 0 aromatic rings. The molecule has 1 saturated heterocycles. The van der Waals surface area contributed by atoms with Gasteiger partial charge in [-0.15, -0.1) is 0 Å². The minimum Gasteiger partial charge on any atom is -0.469 e. The van der Waals surface area contributed by atoms with Crippen LogP contribution in [-0.4, -0.2) is 37.9 Å². The van der Waals surface area contributed by atoms with Gasteiger partial charge in [-0.1, -0.05) is 90.4 Å². The average Bonchev–Trinajstić information content (AvgIpc) is 3.53. The number of fused-ring (bicyclic) bond motifs is 1. The SMILES string of the molecule is CCCCCCCCCCCCCCCCOC(=O)C1CC2OC2C[C@@H]1C(=O)OC. The summed E-state index contributed by atoms with van der Waals surface area (Å²) in [5.74, 6) is -1.40. The monoisotopic (exact) mass is 424 g/mol. The zero-order chi connectivity index (χ0) is 21.6. The molecule has 30 heavy (non-hydrogen) atoms. The predicted octanol–water partition coefficient (Wildman–Crippen LogP) is 5.98. The van der Waals surface area contributed by atoms with Gasteiger partial charge in [-0.05, 0) is 19.3 Å². The van der Waals surface area contributed by atoms with E-state index in [1.54, 1.807) is 0 Å². The molecule has 4 atom stereocenters. The van der Waals surface area contributed by atoms with Crippen molar-refractivity contribution >= 4 is 11.9 Å². The normalized spacial score (nSPS) is 24.9. The molecule has 0 radical (unpaired) electrons. The number of carbonyl (C=O) groups excluding carboxylic acids is 2. The van der Waals surface area contributed by atoms with E-state index in [0.29, 0.717) is 19.4 Å². The summed E-state index contributed by atoms with van der Waals surface area (Å²) in [5, 5.41) is 0. The van der Waals surface area contributed by atoms with Crippen LogP contribution < -0.4 is 0 Å². The van der Waals surface area contributed by atoms with E-state index in [9.17, 15) is 9.59 Å². The zero-order valence-corrected chi connectivity index (χ0v) is 19.4. The molecule has 0 bridgehead atoms. The minimum atomic E-state index is -0.414. The molecule has 1 aliphatic heterocycles. The van der Waals surface area contributed by atoms with Gasteiger partial charge in [0.05, 0.1) is 37.8 Å². The van der Waals surface area contributed by atoms with E-state index in [1.165, 1.54) is 84.2 Å². The number of hydrogen-bond acceptors (Lipinski definition) is 5. The quantitative estimate of drug-likeness (QED) is 0.163. The highest BCUT2D eigenvalue weighted by atomic mass is 16.6. The maximum absolute atomic E-state index is 12.4. The fraction of sp³-hybridized carbons (Fsp3) is 0.920. The summed E-state index contributed by atoms with van der Waals surface area (Å²) >= 11 is 0. The number of methoxy groups -OCH3 is 1. The number of epoxide rings is 1. The number of esters is 2. The summed E-state index contributed by atoms with van der Waals surface area (Å²) in [4.78, 5) is 24.4. The van der Waals surface area contributed by atoms with E-state index in [-0.39, 0.29) is 24.1 Å². The van der Waals surface area contributed by atoms with E-state index >= 15 is 0 Å². The number of hydrogen-bond donors (Lipinski definition) is 0. The van der Waals surface area contributed by atoms with Gasteiger partial charge in [0.15, 0.2) is 0 Å². The number of carbonyl (C=O) groups is 2. The standard InChI is InChI=1S/C25H44O5/c1-3-4-5-6-7-8-9-10-11-12-13-14-15-16-17-29-25(27)21-19-23-22(30-23)18-20(21)24(26)28-2/h20-23H,3-19H2,1-2H3/t20-,21?,22?,23?/m0/s1. The molecule has 0 N–H and O–H groups in total. The van der Waals surface area contributed by atoms with Gasteiger partial charge in [0.1, 0.15) is 0 Å². The lowest BCUT2D eigenvalue weighted by molar-refractivity contribution is -0.160. The van der Waals surface area contributed by atoms with Crippen molar-refractivity contribution in [2.24, 2.45) is 11.8 Å². The van der Waals surface area contributed by atoms with Crippen molar-refractivity contribution in [1.29, 1.82) is 0 Å². The smallest absolute Gasteiger partial charge is 0.309 e. The Balaban J connectivity index is 1.40. The fourth-order valence-electron chi connectivity index (χ4n) is 4.67. The maximum Gasteiger partial charge on any atom is 0.309 e. The van der Waals surface area contributed by atoms with E-state index in [2.05, 4.69) is 6.92 Å². The lowest BCUT2D eigenvalue weighted by Crippen LogP contribution is -2.37. The van der Waals surface area contributed by atoms with Crippen LogP contribution in [0.4, 0.5) is 0 Å². The molecule has 2 aliphatic rings. The fourth-order valence-corrected chi connectivity index (χ4v) is 4.67. The Morgan fingerprint density at radius 1 is 0.700 bits per heavy atom. The van der Waals surface area contributed by atoms with Crippen LogP contribution in [0.5, 0.6) is 0 Å². The lowest BCUT2D eigenvalue weighted by atomic mass is 9.79. The number of unbranched alkanes of at least 4 members (excludes halogenated alkanes) is 13. The van der Waals surface area contributed by atoms with Gasteiger partial charge in [-0.3, -0.25) is 9.59 Å². The van der Waals surface area contributed by atoms with Crippen molar-refractivity contribution in [3.63, 3.8) is 0 Å². The van der Waals surface area contributed by atoms with Crippen LogP contribution in [0.1, 0.15) is 110 Å². The van der Waals surface area contributed by atoms with Gasteiger partial charge >= 0.3 is 11.9 Å². The first-order valence-corrected chi connectivity index (χ1v) is 12.6. The molecule has 5 heteroatoms. The van der Waals surface area contributed by atoms with Crippen LogP contribution in [0.3, 0.4) is 0 Å². The van der Waals surface area contributed by atoms with Crippen molar-refractivity contribution in [2.45, 2.75) is 122 Å². The molecular weight excluding hydrogens is 380 g/mol. The van der Waals surface area contributed by atoms with Gasteiger partial charge in [0.25, 0.3) is 0 Å². The lowest BCUT2D eigenvalue weighted by Gasteiger charge is -2.25. The summed E-state index contributed by atoms with van der Waals surface area (Å²) in [7, 11) is 1.37. The van der Waals surface area contributed by atoms with Gasteiger partial charge in [0, 0.05) is 0 Å².